The highest BCUT2D eigenvalue weighted by atomic mass is 35.5. The fourth-order valence-corrected chi connectivity index (χ4v) is 4.89. The maximum atomic E-state index is 12.7. The molecule has 8 nitrogen and oxygen atoms in total. The SMILES string of the molecule is CC1(C)OB(c2cnc(S(=O)(=O)C[C@@H]3CCN(C(=O)CCl)C3)nc2)OC1(C)C. The van der Waals surface area contributed by atoms with Crippen molar-refractivity contribution < 1.29 is 22.5 Å². The summed E-state index contributed by atoms with van der Waals surface area (Å²) >= 11 is 5.56. The molecular formula is C17H25BClN3O5S. The Balaban J connectivity index is 1.67. The topological polar surface area (TPSA) is 98.7 Å². The molecule has 0 aromatic carbocycles. The number of aromatic nitrogens is 2. The zero-order valence-electron chi connectivity index (χ0n) is 16.5. The van der Waals surface area contributed by atoms with Gasteiger partial charge in [0.15, 0.2) is 0 Å². The van der Waals surface area contributed by atoms with E-state index in [9.17, 15) is 13.2 Å². The highest BCUT2D eigenvalue weighted by molar-refractivity contribution is 7.91. The molecule has 0 spiro atoms. The van der Waals surface area contributed by atoms with Gasteiger partial charge in [0.25, 0.3) is 0 Å². The molecule has 2 aliphatic rings. The average molecular weight is 430 g/mol. The van der Waals surface area contributed by atoms with Crippen molar-refractivity contribution in [3.05, 3.63) is 12.4 Å². The van der Waals surface area contributed by atoms with Gasteiger partial charge >= 0.3 is 7.12 Å². The molecule has 1 atom stereocenters. The lowest BCUT2D eigenvalue weighted by molar-refractivity contribution is -0.127. The summed E-state index contributed by atoms with van der Waals surface area (Å²) < 4.78 is 37.2. The Bertz CT molecular complexity index is 831. The third-order valence-electron chi connectivity index (χ3n) is 5.66. The van der Waals surface area contributed by atoms with Crippen molar-refractivity contribution in [3.8, 4) is 0 Å². The highest BCUT2D eigenvalue weighted by Gasteiger charge is 2.52. The summed E-state index contributed by atoms with van der Waals surface area (Å²) in [5.74, 6) is -0.522. The van der Waals surface area contributed by atoms with Crippen molar-refractivity contribution >= 4 is 39.9 Å². The van der Waals surface area contributed by atoms with Gasteiger partial charge in [-0.05, 0) is 40.0 Å². The standard InChI is InChI=1S/C17H25BClN3O5S/c1-16(2)17(3,4)27-18(26-16)13-8-20-15(21-9-13)28(24,25)11-12-5-6-22(10-12)14(23)7-19/h8-9,12H,5-7,10-11H2,1-4H3/t12-/m1/s1. The molecule has 0 saturated carbocycles. The van der Waals surface area contributed by atoms with Gasteiger partial charge in [0.05, 0.1) is 17.0 Å². The van der Waals surface area contributed by atoms with Crippen LogP contribution in [0, 0.1) is 5.92 Å². The van der Waals surface area contributed by atoms with Crippen molar-refractivity contribution in [2.45, 2.75) is 50.5 Å². The van der Waals surface area contributed by atoms with E-state index in [1.165, 1.54) is 12.4 Å². The molecule has 154 valence electrons. The first-order chi connectivity index (χ1) is 12.9. The summed E-state index contributed by atoms with van der Waals surface area (Å²) in [4.78, 5) is 21.3. The smallest absolute Gasteiger partial charge is 0.399 e. The minimum Gasteiger partial charge on any atom is -0.399 e. The molecule has 1 aromatic heterocycles. The van der Waals surface area contributed by atoms with Gasteiger partial charge in [-0.25, -0.2) is 18.4 Å². The number of nitrogens with zero attached hydrogens (tertiary/aromatic N) is 3. The average Bonchev–Trinajstić information content (AvgIpc) is 3.15. The van der Waals surface area contributed by atoms with Gasteiger partial charge in [-0.15, -0.1) is 11.6 Å². The summed E-state index contributed by atoms with van der Waals surface area (Å²) in [6.45, 7) is 8.66. The number of hydrogen-bond donors (Lipinski definition) is 0. The number of carbonyl (C=O) groups is 1. The van der Waals surface area contributed by atoms with Gasteiger partial charge in [0, 0.05) is 30.9 Å². The van der Waals surface area contributed by atoms with Crippen molar-refractivity contribution in [1.82, 2.24) is 14.9 Å². The summed E-state index contributed by atoms with van der Waals surface area (Å²) in [5, 5.41) is -0.227. The van der Waals surface area contributed by atoms with Crippen LogP contribution in [0.25, 0.3) is 0 Å². The molecule has 0 aliphatic carbocycles. The second-order valence-corrected chi connectivity index (χ2v) is 10.5. The van der Waals surface area contributed by atoms with Crippen LogP contribution in [-0.2, 0) is 23.9 Å². The summed E-state index contributed by atoms with van der Waals surface area (Å²) in [6.07, 6.45) is 3.48. The van der Waals surface area contributed by atoms with E-state index in [4.69, 9.17) is 20.9 Å². The lowest BCUT2D eigenvalue weighted by Gasteiger charge is -2.32. The first-order valence-electron chi connectivity index (χ1n) is 9.19. The number of halogens is 1. The van der Waals surface area contributed by atoms with Crippen LogP contribution in [0.5, 0.6) is 0 Å². The Hall–Kier alpha value is -1.23. The number of carbonyl (C=O) groups excluding carboxylic acids is 1. The van der Waals surface area contributed by atoms with E-state index in [1.807, 2.05) is 27.7 Å². The summed E-state index contributed by atoms with van der Waals surface area (Å²) in [5.41, 5.74) is -0.439. The van der Waals surface area contributed by atoms with Crippen molar-refractivity contribution in [2.24, 2.45) is 5.92 Å². The monoisotopic (exact) mass is 429 g/mol. The van der Waals surface area contributed by atoms with E-state index in [1.54, 1.807) is 4.90 Å². The van der Waals surface area contributed by atoms with Crippen LogP contribution in [-0.4, -0.2) is 72.2 Å². The first-order valence-corrected chi connectivity index (χ1v) is 11.4. The number of likely N-dealkylation sites (tertiary alicyclic amines) is 1. The van der Waals surface area contributed by atoms with Crippen molar-refractivity contribution in [2.75, 3.05) is 24.7 Å². The van der Waals surface area contributed by atoms with Crippen LogP contribution in [0.15, 0.2) is 17.6 Å². The third kappa shape index (κ3) is 4.20. The number of rotatable bonds is 5. The molecule has 2 saturated heterocycles. The van der Waals surface area contributed by atoms with Crippen LogP contribution < -0.4 is 5.46 Å². The van der Waals surface area contributed by atoms with Crippen LogP contribution in [0.1, 0.15) is 34.1 Å². The maximum absolute atomic E-state index is 12.7. The van der Waals surface area contributed by atoms with Gasteiger partial charge in [-0.3, -0.25) is 4.79 Å². The predicted molar refractivity (Wildman–Crippen MR) is 105 cm³/mol. The summed E-state index contributed by atoms with van der Waals surface area (Å²) in [7, 11) is -4.31. The van der Waals surface area contributed by atoms with Gasteiger partial charge < -0.3 is 14.2 Å². The van der Waals surface area contributed by atoms with Crippen LogP contribution >= 0.6 is 11.6 Å². The number of hydrogen-bond acceptors (Lipinski definition) is 7. The van der Waals surface area contributed by atoms with E-state index in [-0.39, 0.29) is 28.6 Å². The van der Waals surface area contributed by atoms with Gasteiger partial charge in [0.1, 0.15) is 5.88 Å². The van der Waals surface area contributed by atoms with Gasteiger partial charge in [0.2, 0.25) is 20.9 Å². The fourth-order valence-electron chi connectivity index (χ4n) is 3.25. The van der Waals surface area contributed by atoms with E-state index in [0.717, 1.165) is 0 Å². The largest absolute Gasteiger partial charge is 0.498 e. The maximum Gasteiger partial charge on any atom is 0.498 e. The first kappa shape index (κ1) is 21.5. The molecule has 3 heterocycles. The van der Waals surface area contributed by atoms with Crippen LogP contribution in [0.3, 0.4) is 0 Å². The van der Waals surface area contributed by atoms with Crippen molar-refractivity contribution in [1.29, 1.82) is 0 Å². The molecule has 0 N–H and O–H groups in total. The Labute approximate surface area is 171 Å². The zero-order valence-corrected chi connectivity index (χ0v) is 18.1. The second kappa shape index (κ2) is 7.55. The second-order valence-electron chi connectivity index (χ2n) is 8.30. The molecule has 2 fully saturated rings. The van der Waals surface area contributed by atoms with Gasteiger partial charge in [-0.1, -0.05) is 0 Å². The predicted octanol–water partition coefficient (Wildman–Crippen LogP) is 0.637. The van der Waals surface area contributed by atoms with Crippen LogP contribution in [0.4, 0.5) is 0 Å². The fraction of sp³-hybridized carbons (Fsp3) is 0.706. The van der Waals surface area contributed by atoms with E-state index in [2.05, 4.69) is 9.97 Å². The lowest BCUT2D eigenvalue weighted by atomic mass is 9.81. The minimum absolute atomic E-state index is 0.0943. The van der Waals surface area contributed by atoms with Crippen LogP contribution in [0.2, 0.25) is 0 Å². The molecule has 3 rings (SSSR count). The molecule has 0 bridgehead atoms. The molecule has 0 unspecified atom stereocenters. The molecule has 1 amide bonds. The molecular weight excluding hydrogens is 405 g/mol. The molecule has 1 aromatic rings. The summed E-state index contributed by atoms with van der Waals surface area (Å²) in [6, 6.07) is 0. The molecule has 11 heteroatoms. The Kier molecular flexibility index (Phi) is 5.79. The van der Waals surface area contributed by atoms with Crippen molar-refractivity contribution in [3.63, 3.8) is 0 Å². The molecule has 0 radical (unpaired) electrons. The lowest BCUT2D eigenvalue weighted by Crippen LogP contribution is -2.41. The van der Waals surface area contributed by atoms with E-state index < -0.39 is 28.2 Å². The number of sulfone groups is 1. The van der Waals surface area contributed by atoms with E-state index >= 15 is 0 Å². The Morgan fingerprint density at radius 3 is 2.36 bits per heavy atom. The third-order valence-corrected chi connectivity index (χ3v) is 7.57. The quantitative estimate of drug-likeness (QED) is 0.385. The zero-order chi connectivity index (χ0) is 20.7. The Morgan fingerprint density at radius 2 is 1.82 bits per heavy atom. The Morgan fingerprint density at radius 1 is 1.25 bits per heavy atom. The molecule has 2 aliphatic heterocycles. The number of alkyl halides is 1. The highest BCUT2D eigenvalue weighted by Crippen LogP contribution is 2.36. The van der Waals surface area contributed by atoms with Gasteiger partial charge in [-0.2, -0.15) is 0 Å². The normalized spacial score (nSPS) is 24.0. The van der Waals surface area contributed by atoms with E-state index in [0.29, 0.717) is 25.0 Å². The molecule has 28 heavy (non-hydrogen) atoms. The number of amides is 1. The minimum atomic E-state index is -3.66.